The monoisotopic (exact) mass is 227 g/mol. The molecule has 6 nitrogen and oxygen atoms in total. The highest BCUT2D eigenvalue weighted by Crippen LogP contribution is 2.04. The highest BCUT2D eigenvalue weighted by Gasteiger charge is 2.14. The van der Waals surface area contributed by atoms with E-state index < -0.39 is 5.97 Å². The van der Waals surface area contributed by atoms with Crippen LogP contribution in [-0.2, 0) is 11.3 Å². The number of nitrogens with zero attached hydrogens (tertiary/aromatic N) is 3. The van der Waals surface area contributed by atoms with E-state index in [0.717, 1.165) is 0 Å². The molecule has 1 N–H and O–H groups in total. The van der Waals surface area contributed by atoms with E-state index in [4.69, 9.17) is 9.63 Å². The SMILES string of the molecule is Cc1nc(CN(CC(=O)O)CC(C)C)no1. The minimum absolute atomic E-state index is 0.00817. The average molecular weight is 227 g/mol. The first-order valence-corrected chi connectivity index (χ1v) is 5.20. The maximum absolute atomic E-state index is 10.7. The quantitative estimate of drug-likeness (QED) is 0.778. The lowest BCUT2D eigenvalue weighted by atomic mass is 10.2. The van der Waals surface area contributed by atoms with E-state index in [1.807, 2.05) is 13.8 Å². The number of aromatic nitrogens is 2. The molecule has 0 radical (unpaired) electrons. The van der Waals surface area contributed by atoms with Crippen LogP contribution in [0.25, 0.3) is 0 Å². The topological polar surface area (TPSA) is 79.5 Å². The van der Waals surface area contributed by atoms with E-state index in [-0.39, 0.29) is 6.54 Å². The molecule has 0 saturated heterocycles. The number of aliphatic carboxylic acids is 1. The third-order valence-corrected chi connectivity index (χ3v) is 1.92. The fourth-order valence-electron chi connectivity index (χ4n) is 1.50. The lowest BCUT2D eigenvalue weighted by Gasteiger charge is -2.20. The van der Waals surface area contributed by atoms with Crippen molar-refractivity contribution in [1.82, 2.24) is 15.0 Å². The van der Waals surface area contributed by atoms with Gasteiger partial charge < -0.3 is 9.63 Å². The lowest BCUT2D eigenvalue weighted by molar-refractivity contribution is -0.138. The largest absolute Gasteiger partial charge is 0.480 e. The van der Waals surface area contributed by atoms with Crippen molar-refractivity contribution in [3.63, 3.8) is 0 Å². The molecule has 0 aromatic carbocycles. The highest BCUT2D eigenvalue weighted by molar-refractivity contribution is 5.69. The summed E-state index contributed by atoms with van der Waals surface area (Å²) in [7, 11) is 0. The Balaban J connectivity index is 2.58. The van der Waals surface area contributed by atoms with Gasteiger partial charge in [-0.25, -0.2) is 0 Å². The summed E-state index contributed by atoms with van der Waals surface area (Å²) < 4.78 is 4.84. The van der Waals surface area contributed by atoms with Crippen LogP contribution in [0, 0.1) is 12.8 Å². The van der Waals surface area contributed by atoms with E-state index >= 15 is 0 Å². The zero-order valence-corrected chi connectivity index (χ0v) is 9.80. The van der Waals surface area contributed by atoms with Crippen LogP contribution in [0.15, 0.2) is 4.52 Å². The van der Waals surface area contributed by atoms with E-state index in [1.165, 1.54) is 0 Å². The third-order valence-electron chi connectivity index (χ3n) is 1.92. The molecular weight excluding hydrogens is 210 g/mol. The van der Waals surface area contributed by atoms with Gasteiger partial charge in [0.15, 0.2) is 5.82 Å². The molecule has 0 fully saturated rings. The number of carbonyl (C=O) groups is 1. The summed E-state index contributed by atoms with van der Waals surface area (Å²) in [6.45, 7) is 6.88. The molecule has 0 aliphatic carbocycles. The summed E-state index contributed by atoms with van der Waals surface area (Å²) in [5, 5.41) is 12.5. The number of rotatable bonds is 6. The van der Waals surface area contributed by atoms with Gasteiger partial charge >= 0.3 is 5.97 Å². The van der Waals surface area contributed by atoms with Crippen LogP contribution in [0.3, 0.4) is 0 Å². The van der Waals surface area contributed by atoms with Crippen LogP contribution in [0.4, 0.5) is 0 Å². The number of carboxylic acid groups (broad SMARTS) is 1. The van der Waals surface area contributed by atoms with Gasteiger partial charge in [0.1, 0.15) is 0 Å². The summed E-state index contributed by atoms with van der Waals surface area (Å²) >= 11 is 0. The highest BCUT2D eigenvalue weighted by atomic mass is 16.5. The van der Waals surface area contributed by atoms with Gasteiger partial charge in [-0.05, 0) is 5.92 Å². The minimum atomic E-state index is -0.846. The predicted octanol–water partition coefficient (Wildman–Crippen LogP) is 0.921. The number of hydrogen-bond acceptors (Lipinski definition) is 5. The van der Waals surface area contributed by atoms with Gasteiger partial charge in [0, 0.05) is 13.5 Å². The zero-order chi connectivity index (χ0) is 12.1. The van der Waals surface area contributed by atoms with Crippen molar-refractivity contribution >= 4 is 5.97 Å². The van der Waals surface area contributed by atoms with Gasteiger partial charge in [-0.2, -0.15) is 4.98 Å². The van der Waals surface area contributed by atoms with Crippen molar-refractivity contribution in [2.24, 2.45) is 5.92 Å². The Morgan fingerprint density at radius 3 is 2.69 bits per heavy atom. The number of carboxylic acids is 1. The van der Waals surface area contributed by atoms with Crippen molar-refractivity contribution in [2.45, 2.75) is 27.3 Å². The molecule has 0 unspecified atom stereocenters. The van der Waals surface area contributed by atoms with E-state index in [2.05, 4.69) is 10.1 Å². The van der Waals surface area contributed by atoms with Crippen molar-refractivity contribution in [1.29, 1.82) is 0 Å². The molecule has 1 heterocycles. The second kappa shape index (κ2) is 5.60. The average Bonchev–Trinajstić information content (AvgIpc) is 2.48. The van der Waals surface area contributed by atoms with Crippen molar-refractivity contribution in [2.75, 3.05) is 13.1 Å². The van der Waals surface area contributed by atoms with Gasteiger partial charge in [-0.3, -0.25) is 9.69 Å². The van der Waals surface area contributed by atoms with Gasteiger partial charge in [-0.1, -0.05) is 19.0 Å². The summed E-state index contributed by atoms with van der Waals surface area (Å²) in [6, 6.07) is 0. The van der Waals surface area contributed by atoms with Crippen LogP contribution in [0.2, 0.25) is 0 Å². The number of hydrogen-bond donors (Lipinski definition) is 1. The van der Waals surface area contributed by atoms with Crippen LogP contribution in [0.1, 0.15) is 25.6 Å². The molecule has 90 valence electrons. The van der Waals surface area contributed by atoms with Crippen LogP contribution < -0.4 is 0 Å². The molecule has 0 bridgehead atoms. The Morgan fingerprint density at radius 1 is 1.56 bits per heavy atom. The maximum atomic E-state index is 10.7. The summed E-state index contributed by atoms with van der Waals surface area (Å²) in [5.74, 6) is 0.572. The van der Waals surface area contributed by atoms with Crippen LogP contribution in [0.5, 0.6) is 0 Å². The Labute approximate surface area is 94.3 Å². The zero-order valence-electron chi connectivity index (χ0n) is 9.80. The molecule has 0 aliphatic heterocycles. The molecule has 0 spiro atoms. The molecule has 0 saturated carbocycles. The Kier molecular flexibility index (Phi) is 4.42. The molecular formula is C10H17N3O3. The van der Waals surface area contributed by atoms with Crippen molar-refractivity contribution < 1.29 is 14.4 Å². The maximum Gasteiger partial charge on any atom is 0.317 e. The molecule has 1 rings (SSSR count). The summed E-state index contributed by atoms with van der Waals surface area (Å²) in [6.07, 6.45) is 0. The first-order valence-electron chi connectivity index (χ1n) is 5.20. The molecule has 6 heteroatoms. The fraction of sp³-hybridized carbons (Fsp3) is 0.700. The van der Waals surface area contributed by atoms with Gasteiger partial charge in [0.25, 0.3) is 0 Å². The molecule has 1 aromatic heterocycles. The predicted molar refractivity (Wildman–Crippen MR) is 56.8 cm³/mol. The van der Waals surface area contributed by atoms with E-state index in [9.17, 15) is 4.79 Å². The smallest absolute Gasteiger partial charge is 0.317 e. The molecule has 0 aliphatic rings. The van der Waals surface area contributed by atoms with E-state index in [0.29, 0.717) is 30.7 Å². The second-order valence-electron chi connectivity index (χ2n) is 4.19. The van der Waals surface area contributed by atoms with E-state index in [1.54, 1.807) is 11.8 Å². The van der Waals surface area contributed by atoms with Crippen LogP contribution >= 0.6 is 0 Å². The van der Waals surface area contributed by atoms with Crippen molar-refractivity contribution in [3.8, 4) is 0 Å². The summed E-state index contributed by atoms with van der Waals surface area (Å²) in [5.41, 5.74) is 0. The van der Waals surface area contributed by atoms with Gasteiger partial charge in [-0.15, -0.1) is 0 Å². The summed E-state index contributed by atoms with van der Waals surface area (Å²) in [4.78, 5) is 16.5. The fourth-order valence-corrected chi connectivity index (χ4v) is 1.50. The van der Waals surface area contributed by atoms with Crippen LogP contribution in [-0.4, -0.2) is 39.2 Å². The van der Waals surface area contributed by atoms with Gasteiger partial charge in [0.2, 0.25) is 5.89 Å². The standard InChI is InChI=1S/C10H17N3O3/c1-7(2)4-13(6-10(14)15)5-9-11-8(3)16-12-9/h7H,4-6H2,1-3H3,(H,14,15). The number of aryl methyl sites for hydroxylation is 1. The third kappa shape index (κ3) is 4.39. The lowest BCUT2D eigenvalue weighted by Crippen LogP contribution is -2.32. The Morgan fingerprint density at radius 2 is 2.25 bits per heavy atom. The first kappa shape index (κ1) is 12.6. The van der Waals surface area contributed by atoms with Crippen molar-refractivity contribution in [3.05, 3.63) is 11.7 Å². The first-order chi connectivity index (χ1) is 7.47. The Bertz CT molecular complexity index is 349. The molecule has 16 heavy (non-hydrogen) atoms. The minimum Gasteiger partial charge on any atom is -0.480 e. The van der Waals surface area contributed by atoms with Gasteiger partial charge in [0.05, 0.1) is 13.1 Å². The molecule has 0 amide bonds. The second-order valence-corrected chi connectivity index (χ2v) is 4.19. The molecule has 0 atom stereocenters. The Hall–Kier alpha value is -1.43. The normalized spacial score (nSPS) is 11.3. The molecule has 1 aromatic rings.